The minimum Gasteiger partial charge on any atom is -0.360 e. The highest BCUT2D eigenvalue weighted by Crippen LogP contribution is 1.83. The molecule has 0 aliphatic rings. The van der Waals surface area contributed by atoms with E-state index in [1.807, 2.05) is 20.1 Å². The zero-order valence-electron chi connectivity index (χ0n) is 5.89. The van der Waals surface area contributed by atoms with Crippen LogP contribution in [0.25, 0.3) is 0 Å². The van der Waals surface area contributed by atoms with E-state index in [9.17, 15) is 0 Å². The molecule has 2 nitrogen and oxygen atoms in total. The third-order valence-corrected chi connectivity index (χ3v) is 1.37. The van der Waals surface area contributed by atoms with Gasteiger partial charge >= 0.3 is 0 Å². The maximum atomic E-state index is 4.89. The zero-order valence-corrected chi connectivity index (χ0v) is 7.53. The van der Waals surface area contributed by atoms with Crippen LogP contribution in [-0.4, -0.2) is 17.4 Å². The van der Waals surface area contributed by atoms with Crippen molar-refractivity contribution in [2.24, 2.45) is 0 Å². The van der Waals surface area contributed by atoms with E-state index in [0.717, 1.165) is 0 Å². The molecule has 0 heterocycles. The smallest absolute Gasteiger partial charge is 0.176 e. The lowest BCUT2D eigenvalue weighted by Crippen LogP contribution is -2.35. The minimum absolute atomic E-state index is 0.414. The van der Waals surface area contributed by atoms with E-state index < -0.39 is 0 Å². The fourth-order valence-electron chi connectivity index (χ4n) is 0.384. The summed E-state index contributed by atoms with van der Waals surface area (Å²) in [5, 5.41) is 3.75. The molecule has 0 unspecified atom stereocenters. The summed E-state index contributed by atoms with van der Waals surface area (Å²) in [7, 11) is 0. The van der Waals surface area contributed by atoms with Crippen molar-refractivity contribution >= 4 is 29.3 Å². The molecule has 0 saturated carbocycles. The first-order valence-corrected chi connectivity index (χ1v) is 4.39. The van der Waals surface area contributed by atoms with Gasteiger partial charge in [0.15, 0.2) is 5.11 Å². The summed E-state index contributed by atoms with van der Waals surface area (Å²) in [6, 6.07) is 0.414. The van der Waals surface area contributed by atoms with Crippen LogP contribution in [0.15, 0.2) is 0 Å². The molecule has 0 aliphatic carbocycles. The SMILES string of the molecule is CSNC(=S)NC(C)C. The van der Waals surface area contributed by atoms with E-state index in [1.165, 1.54) is 11.9 Å². The zero-order chi connectivity index (χ0) is 7.28. The quantitative estimate of drug-likeness (QED) is 0.472. The second-order valence-corrected chi connectivity index (χ2v) is 2.95. The third kappa shape index (κ3) is 5.92. The summed E-state index contributed by atoms with van der Waals surface area (Å²) in [6.45, 7) is 4.10. The predicted molar refractivity (Wildman–Crippen MR) is 47.5 cm³/mol. The first-order chi connectivity index (χ1) is 4.16. The normalized spacial score (nSPS) is 9.33. The van der Waals surface area contributed by atoms with Crippen LogP contribution in [0, 0.1) is 0 Å². The highest BCUT2D eigenvalue weighted by Gasteiger charge is 1.93. The van der Waals surface area contributed by atoms with Crippen molar-refractivity contribution in [3.8, 4) is 0 Å². The lowest BCUT2D eigenvalue weighted by atomic mass is 10.4. The lowest BCUT2D eigenvalue weighted by molar-refractivity contribution is 0.733. The van der Waals surface area contributed by atoms with Crippen LogP contribution in [0.2, 0.25) is 0 Å². The van der Waals surface area contributed by atoms with Gasteiger partial charge in [-0.1, -0.05) is 11.9 Å². The van der Waals surface area contributed by atoms with Crippen LogP contribution in [0.1, 0.15) is 13.8 Å². The van der Waals surface area contributed by atoms with E-state index in [-0.39, 0.29) is 0 Å². The standard InChI is InChI=1S/C5H12N2S2/c1-4(2)6-5(8)7-9-3/h4H,1-3H3,(H2,6,7,8). The molecule has 0 amide bonds. The van der Waals surface area contributed by atoms with Crippen molar-refractivity contribution in [3.05, 3.63) is 0 Å². The second-order valence-electron chi connectivity index (χ2n) is 1.93. The molecule has 0 aromatic rings. The van der Waals surface area contributed by atoms with Crippen LogP contribution in [0.4, 0.5) is 0 Å². The Labute approximate surface area is 65.9 Å². The number of nitrogens with one attached hydrogen (secondary N) is 2. The number of hydrogen-bond acceptors (Lipinski definition) is 2. The van der Waals surface area contributed by atoms with Gasteiger partial charge in [-0.2, -0.15) is 0 Å². The summed E-state index contributed by atoms with van der Waals surface area (Å²) in [4.78, 5) is 0. The predicted octanol–water partition coefficient (Wildman–Crippen LogP) is 1.14. The largest absolute Gasteiger partial charge is 0.360 e. The maximum absolute atomic E-state index is 4.89. The Balaban J connectivity index is 3.27. The Morgan fingerprint density at radius 2 is 2.11 bits per heavy atom. The molecule has 2 N–H and O–H groups in total. The summed E-state index contributed by atoms with van der Waals surface area (Å²) in [6.07, 6.45) is 1.94. The molecule has 0 bridgehead atoms. The molecule has 4 heteroatoms. The van der Waals surface area contributed by atoms with Gasteiger partial charge in [0, 0.05) is 12.3 Å². The van der Waals surface area contributed by atoms with Gasteiger partial charge in [0.1, 0.15) is 0 Å². The number of hydrogen-bond donors (Lipinski definition) is 2. The van der Waals surface area contributed by atoms with E-state index >= 15 is 0 Å². The Morgan fingerprint density at radius 3 is 2.44 bits per heavy atom. The van der Waals surface area contributed by atoms with Crippen molar-refractivity contribution in [3.63, 3.8) is 0 Å². The average Bonchev–Trinajstić information content (AvgIpc) is 1.63. The van der Waals surface area contributed by atoms with Gasteiger partial charge in [0.2, 0.25) is 0 Å². The van der Waals surface area contributed by atoms with Crippen LogP contribution in [0.5, 0.6) is 0 Å². The van der Waals surface area contributed by atoms with E-state index in [1.54, 1.807) is 0 Å². The molecule has 0 spiro atoms. The average molecular weight is 164 g/mol. The van der Waals surface area contributed by atoms with Gasteiger partial charge < -0.3 is 10.0 Å². The monoisotopic (exact) mass is 164 g/mol. The van der Waals surface area contributed by atoms with Gasteiger partial charge in [-0.15, -0.1) is 0 Å². The third-order valence-electron chi connectivity index (χ3n) is 0.615. The molecule has 9 heavy (non-hydrogen) atoms. The second kappa shape index (κ2) is 4.88. The summed E-state index contributed by atoms with van der Waals surface area (Å²) < 4.78 is 2.91. The van der Waals surface area contributed by atoms with Gasteiger partial charge in [0.05, 0.1) is 0 Å². The van der Waals surface area contributed by atoms with Crippen molar-refractivity contribution in [1.29, 1.82) is 0 Å². The number of rotatable bonds is 2. The van der Waals surface area contributed by atoms with Gasteiger partial charge in [-0.05, 0) is 26.1 Å². The molecule has 0 aromatic carbocycles. The first-order valence-electron chi connectivity index (χ1n) is 2.76. The van der Waals surface area contributed by atoms with Crippen molar-refractivity contribution in [1.82, 2.24) is 10.0 Å². The Morgan fingerprint density at radius 1 is 1.56 bits per heavy atom. The molecule has 0 radical (unpaired) electrons. The number of thiocarbonyl (C=S) groups is 1. The van der Waals surface area contributed by atoms with E-state index in [0.29, 0.717) is 11.2 Å². The Hall–Kier alpha value is 0.0400. The molecule has 0 rings (SSSR count). The molecule has 0 fully saturated rings. The fourth-order valence-corrected chi connectivity index (χ4v) is 1.11. The van der Waals surface area contributed by atoms with E-state index in [4.69, 9.17) is 12.2 Å². The van der Waals surface area contributed by atoms with Gasteiger partial charge in [0.25, 0.3) is 0 Å². The highest BCUT2D eigenvalue weighted by molar-refractivity contribution is 7.98. The molecule has 0 saturated heterocycles. The Kier molecular flexibility index (Phi) is 4.90. The topological polar surface area (TPSA) is 24.1 Å². The van der Waals surface area contributed by atoms with Crippen molar-refractivity contribution in [2.75, 3.05) is 6.26 Å². The molecular weight excluding hydrogens is 152 g/mol. The minimum atomic E-state index is 0.414. The van der Waals surface area contributed by atoms with Crippen LogP contribution >= 0.6 is 24.2 Å². The summed E-state index contributed by atoms with van der Waals surface area (Å²) >= 11 is 6.38. The summed E-state index contributed by atoms with van der Waals surface area (Å²) in [5.41, 5.74) is 0. The van der Waals surface area contributed by atoms with Crippen LogP contribution < -0.4 is 10.0 Å². The van der Waals surface area contributed by atoms with Crippen molar-refractivity contribution in [2.45, 2.75) is 19.9 Å². The van der Waals surface area contributed by atoms with Crippen molar-refractivity contribution < 1.29 is 0 Å². The fraction of sp³-hybridized carbons (Fsp3) is 0.800. The first kappa shape index (κ1) is 9.04. The van der Waals surface area contributed by atoms with Gasteiger partial charge in [-0.25, -0.2) is 0 Å². The molecule has 0 aliphatic heterocycles. The molecule has 0 aromatic heterocycles. The molecular formula is C5H12N2S2. The van der Waals surface area contributed by atoms with Gasteiger partial charge in [-0.3, -0.25) is 0 Å². The molecule has 0 atom stereocenters. The van der Waals surface area contributed by atoms with Crippen LogP contribution in [-0.2, 0) is 0 Å². The Bertz CT molecular complexity index is 93.0. The molecule has 54 valence electrons. The maximum Gasteiger partial charge on any atom is 0.176 e. The highest BCUT2D eigenvalue weighted by atomic mass is 32.2. The van der Waals surface area contributed by atoms with E-state index in [2.05, 4.69) is 10.0 Å². The summed E-state index contributed by atoms with van der Waals surface area (Å²) in [5.74, 6) is 0. The lowest BCUT2D eigenvalue weighted by Gasteiger charge is -2.10. The van der Waals surface area contributed by atoms with Crippen LogP contribution in [0.3, 0.4) is 0 Å².